The number of hydrogen-bond donors (Lipinski definition) is 1. The van der Waals surface area contributed by atoms with Crippen LogP contribution in [0.15, 0.2) is 54.7 Å². The number of nitrogens with zero attached hydrogens (tertiary/aromatic N) is 2. The molecule has 0 fully saturated rings. The van der Waals surface area contributed by atoms with E-state index in [0.29, 0.717) is 12.4 Å². The van der Waals surface area contributed by atoms with E-state index in [4.69, 9.17) is 10.5 Å². The van der Waals surface area contributed by atoms with Gasteiger partial charge in [-0.3, -0.25) is 4.79 Å². The maximum atomic E-state index is 14.5. The van der Waals surface area contributed by atoms with Gasteiger partial charge >= 0.3 is 0 Å². The van der Waals surface area contributed by atoms with Gasteiger partial charge in [0.1, 0.15) is 23.6 Å². The number of ether oxygens (including phenoxy) is 1. The molecular formula is C24H27F2N3O2. The van der Waals surface area contributed by atoms with Crippen LogP contribution in [0.25, 0.3) is 11.3 Å². The average molecular weight is 427 g/mol. The highest BCUT2D eigenvalue weighted by molar-refractivity contribution is 5.80. The molecule has 7 heteroatoms. The minimum atomic E-state index is -0.942. The van der Waals surface area contributed by atoms with Crippen LogP contribution in [0, 0.1) is 17.0 Å². The Morgan fingerprint density at radius 2 is 1.84 bits per heavy atom. The zero-order valence-electron chi connectivity index (χ0n) is 18.1. The van der Waals surface area contributed by atoms with E-state index in [1.807, 2.05) is 55.7 Å². The van der Waals surface area contributed by atoms with E-state index in [1.165, 1.54) is 7.11 Å². The molecule has 0 aliphatic carbocycles. The highest BCUT2D eigenvalue weighted by Crippen LogP contribution is 2.40. The maximum absolute atomic E-state index is 14.5. The van der Waals surface area contributed by atoms with Crippen LogP contribution in [0.4, 0.5) is 8.78 Å². The predicted molar refractivity (Wildman–Crippen MR) is 115 cm³/mol. The minimum absolute atomic E-state index is 0.0498. The maximum Gasteiger partial charge on any atom is 0.247 e. The summed E-state index contributed by atoms with van der Waals surface area (Å²) in [4.78, 5) is 16.9. The van der Waals surface area contributed by atoms with Gasteiger partial charge in [0.15, 0.2) is 0 Å². The van der Waals surface area contributed by atoms with Gasteiger partial charge in [0.25, 0.3) is 0 Å². The molecular weight excluding hydrogens is 400 g/mol. The molecule has 0 aliphatic rings. The Labute approximate surface area is 180 Å². The molecule has 164 valence electrons. The number of imidazole rings is 1. The third-order valence-corrected chi connectivity index (χ3v) is 5.26. The number of carbonyl (C=O) groups excluding carboxylic acids is 1. The zero-order valence-corrected chi connectivity index (χ0v) is 18.1. The molecule has 3 rings (SSSR count). The highest BCUT2D eigenvalue weighted by Gasteiger charge is 2.40. The number of aromatic nitrogens is 2. The molecule has 0 radical (unpaired) electrons. The minimum Gasteiger partial charge on any atom is -0.371 e. The second-order valence-electron chi connectivity index (χ2n) is 8.62. The molecule has 1 aromatic heterocycles. The van der Waals surface area contributed by atoms with E-state index in [0.717, 1.165) is 23.8 Å². The van der Waals surface area contributed by atoms with Gasteiger partial charge in [0, 0.05) is 25.4 Å². The van der Waals surface area contributed by atoms with Crippen molar-refractivity contribution in [3.63, 3.8) is 0 Å². The molecule has 5 nitrogen and oxygen atoms in total. The van der Waals surface area contributed by atoms with Crippen LogP contribution in [-0.4, -0.2) is 28.7 Å². The lowest BCUT2D eigenvalue weighted by atomic mass is 9.76. The van der Waals surface area contributed by atoms with Crippen LogP contribution in [0.2, 0.25) is 0 Å². The standard InChI is InChI=1S/C24H27F2N3O2/c1-24(2,3)20(21(31-4)22(27)30)23-28-19(17-12-16(25)10-11-18(17)26)14-29(23)13-15-8-6-5-7-9-15/h5-12,14,20-21H,13H2,1-4H3,(H2,27,30)/t20-,21?/m0/s1. The van der Waals surface area contributed by atoms with Crippen LogP contribution < -0.4 is 5.73 Å². The number of carbonyl (C=O) groups is 1. The Balaban J connectivity index is 2.21. The first-order chi connectivity index (χ1) is 14.6. The molecule has 1 unspecified atom stereocenters. The quantitative estimate of drug-likeness (QED) is 0.603. The van der Waals surface area contributed by atoms with Gasteiger partial charge in [-0.2, -0.15) is 0 Å². The van der Waals surface area contributed by atoms with Crippen molar-refractivity contribution in [1.29, 1.82) is 0 Å². The van der Waals surface area contributed by atoms with E-state index < -0.39 is 35.0 Å². The number of benzene rings is 2. The van der Waals surface area contributed by atoms with E-state index >= 15 is 0 Å². The summed E-state index contributed by atoms with van der Waals surface area (Å²) in [6.07, 6.45) is 0.731. The summed E-state index contributed by atoms with van der Waals surface area (Å²) in [5.41, 5.74) is 6.49. The summed E-state index contributed by atoms with van der Waals surface area (Å²) in [5.74, 6) is -1.77. The number of hydrogen-bond acceptors (Lipinski definition) is 3. The SMILES string of the molecule is COC(C(N)=O)[C@@H](c1nc(-c2cc(F)ccc2F)cn1Cc1ccccc1)C(C)(C)C. The summed E-state index contributed by atoms with van der Waals surface area (Å²) >= 11 is 0. The molecule has 2 atom stereocenters. The van der Waals surface area contributed by atoms with Crippen LogP contribution >= 0.6 is 0 Å². The molecule has 3 aromatic rings. The lowest BCUT2D eigenvalue weighted by Crippen LogP contribution is -2.42. The third kappa shape index (κ3) is 4.99. The van der Waals surface area contributed by atoms with Gasteiger partial charge in [-0.05, 0) is 29.2 Å². The lowest BCUT2D eigenvalue weighted by Gasteiger charge is -2.34. The predicted octanol–water partition coefficient (Wildman–Crippen LogP) is 4.51. The summed E-state index contributed by atoms with van der Waals surface area (Å²) in [7, 11) is 1.42. The fraction of sp³-hybridized carbons (Fsp3) is 0.333. The fourth-order valence-electron chi connectivity index (χ4n) is 3.80. The van der Waals surface area contributed by atoms with Crippen molar-refractivity contribution in [2.24, 2.45) is 11.1 Å². The van der Waals surface area contributed by atoms with Gasteiger partial charge < -0.3 is 15.0 Å². The molecule has 0 spiro atoms. The number of nitrogens with two attached hydrogens (primary N) is 1. The van der Waals surface area contributed by atoms with Crippen molar-refractivity contribution in [3.05, 3.63) is 77.8 Å². The van der Waals surface area contributed by atoms with Gasteiger partial charge in [-0.25, -0.2) is 13.8 Å². The van der Waals surface area contributed by atoms with E-state index in [9.17, 15) is 13.6 Å². The summed E-state index contributed by atoms with van der Waals surface area (Å²) in [5, 5.41) is 0. The molecule has 31 heavy (non-hydrogen) atoms. The lowest BCUT2D eigenvalue weighted by molar-refractivity contribution is -0.131. The fourth-order valence-corrected chi connectivity index (χ4v) is 3.80. The molecule has 0 saturated carbocycles. The van der Waals surface area contributed by atoms with Crippen LogP contribution in [0.1, 0.15) is 38.1 Å². The Kier molecular flexibility index (Phi) is 6.55. The number of primary amides is 1. The largest absolute Gasteiger partial charge is 0.371 e. The monoisotopic (exact) mass is 427 g/mol. The third-order valence-electron chi connectivity index (χ3n) is 5.26. The van der Waals surface area contributed by atoms with E-state index in [2.05, 4.69) is 4.98 Å². The van der Waals surface area contributed by atoms with Crippen molar-refractivity contribution >= 4 is 5.91 Å². The molecule has 1 heterocycles. The normalized spacial score (nSPS) is 13.7. The molecule has 0 bridgehead atoms. The molecule has 2 N–H and O–H groups in total. The van der Waals surface area contributed by atoms with Gasteiger partial charge in [0.2, 0.25) is 5.91 Å². The Hall–Kier alpha value is -3.06. The van der Waals surface area contributed by atoms with Crippen molar-refractivity contribution in [3.8, 4) is 11.3 Å². The van der Waals surface area contributed by atoms with Crippen molar-refractivity contribution in [2.45, 2.75) is 39.3 Å². The average Bonchev–Trinajstić information content (AvgIpc) is 3.10. The first-order valence-corrected chi connectivity index (χ1v) is 10.0. The van der Waals surface area contributed by atoms with E-state index in [1.54, 1.807) is 6.20 Å². The molecule has 2 aromatic carbocycles. The molecule has 0 aliphatic heterocycles. The Bertz CT molecular complexity index is 1060. The summed E-state index contributed by atoms with van der Waals surface area (Å²) in [6.45, 7) is 6.30. The smallest absolute Gasteiger partial charge is 0.247 e. The Morgan fingerprint density at radius 3 is 2.42 bits per heavy atom. The second-order valence-corrected chi connectivity index (χ2v) is 8.62. The number of amides is 1. The molecule has 0 saturated heterocycles. The van der Waals surface area contributed by atoms with Crippen LogP contribution in [0.5, 0.6) is 0 Å². The van der Waals surface area contributed by atoms with Gasteiger partial charge in [-0.1, -0.05) is 51.1 Å². The Morgan fingerprint density at radius 1 is 1.16 bits per heavy atom. The van der Waals surface area contributed by atoms with Gasteiger partial charge in [-0.15, -0.1) is 0 Å². The van der Waals surface area contributed by atoms with Crippen LogP contribution in [-0.2, 0) is 16.1 Å². The van der Waals surface area contributed by atoms with Crippen molar-refractivity contribution < 1.29 is 18.3 Å². The first kappa shape index (κ1) is 22.6. The topological polar surface area (TPSA) is 70.1 Å². The zero-order chi connectivity index (χ0) is 22.8. The highest BCUT2D eigenvalue weighted by atomic mass is 19.1. The second kappa shape index (κ2) is 8.98. The number of halogens is 2. The van der Waals surface area contributed by atoms with Crippen molar-refractivity contribution in [2.75, 3.05) is 7.11 Å². The first-order valence-electron chi connectivity index (χ1n) is 10.0. The molecule has 1 amide bonds. The number of rotatable bonds is 7. The van der Waals surface area contributed by atoms with Crippen LogP contribution in [0.3, 0.4) is 0 Å². The van der Waals surface area contributed by atoms with E-state index in [-0.39, 0.29) is 11.3 Å². The summed E-state index contributed by atoms with van der Waals surface area (Å²) < 4.78 is 35.6. The van der Waals surface area contributed by atoms with Crippen molar-refractivity contribution in [1.82, 2.24) is 9.55 Å². The number of methoxy groups -OCH3 is 1. The summed E-state index contributed by atoms with van der Waals surface area (Å²) in [6, 6.07) is 12.9. The van der Waals surface area contributed by atoms with Gasteiger partial charge in [0.05, 0.1) is 11.6 Å².